The molecule has 16 heavy (non-hydrogen) atoms. The molecule has 0 N–H and O–H groups in total. The SMILES string of the molecule is Cn1cnc2c1c(=O)n(C(Cl)Cl)c(=O)n2C. The molecule has 0 aliphatic carbocycles. The molecule has 2 heterocycles. The Kier molecular flexibility index (Phi) is 2.55. The summed E-state index contributed by atoms with van der Waals surface area (Å²) in [5.41, 5.74) is -0.546. The Morgan fingerprint density at radius 2 is 1.94 bits per heavy atom. The number of halogens is 2. The number of hydrogen-bond donors (Lipinski definition) is 0. The number of nitrogens with zero attached hydrogens (tertiary/aromatic N) is 4. The maximum absolute atomic E-state index is 11.9. The van der Waals surface area contributed by atoms with Crippen molar-refractivity contribution in [2.75, 3.05) is 0 Å². The van der Waals surface area contributed by atoms with Gasteiger partial charge in [-0.15, -0.1) is 0 Å². The summed E-state index contributed by atoms with van der Waals surface area (Å²) in [6.45, 7) is 0. The highest BCUT2D eigenvalue weighted by Gasteiger charge is 2.17. The standard InChI is InChI=1S/C8H8Cl2N4O2/c1-12-3-11-5-4(12)6(15)14(7(9)10)8(16)13(5)2/h3,7H,1-2H3. The third-order valence-electron chi connectivity index (χ3n) is 2.35. The predicted octanol–water partition coefficient (Wildman–Crippen LogP) is 0.367. The van der Waals surface area contributed by atoms with Gasteiger partial charge in [-0.2, -0.15) is 0 Å². The highest BCUT2D eigenvalue weighted by molar-refractivity contribution is 6.42. The molecule has 0 fully saturated rings. The summed E-state index contributed by atoms with van der Waals surface area (Å²) < 4.78 is 3.52. The van der Waals surface area contributed by atoms with Gasteiger partial charge in [-0.3, -0.25) is 9.36 Å². The minimum atomic E-state index is -1.22. The van der Waals surface area contributed by atoms with Gasteiger partial charge in [0.15, 0.2) is 16.1 Å². The summed E-state index contributed by atoms with van der Waals surface area (Å²) in [5.74, 6) is 0. The van der Waals surface area contributed by atoms with Crippen molar-refractivity contribution in [3.63, 3.8) is 0 Å². The van der Waals surface area contributed by atoms with E-state index in [9.17, 15) is 9.59 Å². The van der Waals surface area contributed by atoms with Crippen LogP contribution in [-0.2, 0) is 14.1 Å². The molecule has 2 aromatic rings. The molecule has 0 saturated heterocycles. The van der Waals surface area contributed by atoms with E-state index < -0.39 is 16.2 Å². The first kappa shape index (κ1) is 11.2. The lowest BCUT2D eigenvalue weighted by Crippen LogP contribution is -2.39. The van der Waals surface area contributed by atoms with Gasteiger partial charge in [-0.05, 0) is 0 Å². The van der Waals surface area contributed by atoms with Gasteiger partial charge >= 0.3 is 5.69 Å². The maximum atomic E-state index is 11.9. The van der Waals surface area contributed by atoms with E-state index in [1.165, 1.54) is 22.5 Å². The van der Waals surface area contributed by atoms with Crippen molar-refractivity contribution in [3.8, 4) is 0 Å². The summed E-state index contributed by atoms with van der Waals surface area (Å²) in [4.78, 5) is 26.5. The van der Waals surface area contributed by atoms with E-state index in [0.717, 1.165) is 4.57 Å². The van der Waals surface area contributed by atoms with Gasteiger partial charge in [-0.1, -0.05) is 23.2 Å². The highest BCUT2D eigenvalue weighted by atomic mass is 35.5. The normalized spacial score (nSPS) is 11.6. The molecule has 6 nitrogen and oxygen atoms in total. The van der Waals surface area contributed by atoms with Crippen LogP contribution in [0.25, 0.3) is 11.2 Å². The smallest absolute Gasteiger partial charge is 0.328 e. The Hall–Kier alpha value is -1.27. The van der Waals surface area contributed by atoms with E-state index in [0.29, 0.717) is 5.65 Å². The van der Waals surface area contributed by atoms with Gasteiger partial charge in [0.2, 0.25) is 0 Å². The van der Waals surface area contributed by atoms with E-state index in [2.05, 4.69) is 4.98 Å². The Bertz CT molecular complexity index is 667. The second-order valence-corrected chi connectivity index (χ2v) is 4.37. The average molecular weight is 263 g/mol. The topological polar surface area (TPSA) is 61.8 Å². The molecule has 0 unspecified atom stereocenters. The van der Waals surface area contributed by atoms with Crippen LogP contribution in [0, 0.1) is 0 Å². The lowest BCUT2D eigenvalue weighted by atomic mass is 10.5. The molecule has 0 aliphatic heterocycles. The van der Waals surface area contributed by atoms with Crippen LogP contribution in [0.15, 0.2) is 15.9 Å². The first-order valence-corrected chi connectivity index (χ1v) is 5.23. The third-order valence-corrected chi connectivity index (χ3v) is 2.74. The van der Waals surface area contributed by atoms with Crippen LogP contribution in [0.3, 0.4) is 0 Å². The summed E-state index contributed by atoms with van der Waals surface area (Å²) >= 11 is 11.2. The van der Waals surface area contributed by atoms with Crippen molar-refractivity contribution in [1.29, 1.82) is 0 Å². The van der Waals surface area contributed by atoms with Crippen LogP contribution in [-0.4, -0.2) is 18.7 Å². The van der Waals surface area contributed by atoms with Crippen molar-refractivity contribution >= 4 is 34.4 Å². The van der Waals surface area contributed by atoms with Crippen LogP contribution >= 0.6 is 23.2 Å². The number of aryl methyl sites for hydroxylation is 2. The van der Waals surface area contributed by atoms with E-state index in [1.807, 2.05) is 0 Å². The fraction of sp³-hybridized carbons (Fsp3) is 0.375. The molecule has 2 aromatic heterocycles. The summed E-state index contributed by atoms with van der Waals surface area (Å²) in [5, 5.41) is 0. The van der Waals surface area contributed by atoms with Gasteiger partial charge in [0, 0.05) is 14.1 Å². The third kappa shape index (κ3) is 1.37. The summed E-state index contributed by atoms with van der Waals surface area (Å²) in [7, 11) is 3.16. The molecule has 0 aromatic carbocycles. The van der Waals surface area contributed by atoms with Crippen molar-refractivity contribution in [2.45, 2.75) is 4.96 Å². The molecule has 0 saturated carbocycles. The van der Waals surface area contributed by atoms with Crippen LogP contribution < -0.4 is 11.2 Å². The van der Waals surface area contributed by atoms with E-state index in [1.54, 1.807) is 7.05 Å². The Labute approximate surface area is 99.6 Å². The molecule has 0 radical (unpaired) electrons. The first-order chi connectivity index (χ1) is 7.45. The van der Waals surface area contributed by atoms with Crippen LogP contribution in [0.2, 0.25) is 0 Å². The van der Waals surface area contributed by atoms with Crippen LogP contribution in [0.4, 0.5) is 0 Å². The van der Waals surface area contributed by atoms with Gasteiger partial charge in [0.05, 0.1) is 6.33 Å². The zero-order valence-corrected chi connectivity index (χ0v) is 10.0. The second-order valence-electron chi connectivity index (χ2n) is 3.32. The molecule has 0 amide bonds. The van der Waals surface area contributed by atoms with Gasteiger partial charge in [0.1, 0.15) is 0 Å². The van der Waals surface area contributed by atoms with Crippen LogP contribution in [0.1, 0.15) is 4.96 Å². The molecule has 8 heteroatoms. The number of hydrogen-bond acceptors (Lipinski definition) is 3. The summed E-state index contributed by atoms with van der Waals surface area (Å²) in [6.07, 6.45) is 1.45. The molecule has 0 bridgehead atoms. The first-order valence-electron chi connectivity index (χ1n) is 4.36. The zero-order chi connectivity index (χ0) is 12.0. The van der Waals surface area contributed by atoms with Crippen molar-refractivity contribution in [1.82, 2.24) is 18.7 Å². The quantitative estimate of drug-likeness (QED) is 0.698. The van der Waals surface area contributed by atoms with E-state index in [4.69, 9.17) is 23.2 Å². The van der Waals surface area contributed by atoms with Crippen molar-refractivity contribution < 1.29 is 0 Å². The number of alkyl halides is 2. The molecular formula is C8H8Cl2N4O2. The molecule has 0 atom stereocenters. The van der Waals surface area contributed by atoms with Crippen molar-refractivity contribution in [3.05, 3.63) is 27.2 Å². The minimum Gasteiger partial charge on any atom is -0.328 e. The van der Waals surface area contributed by atoms with Gasteiger partial charge in [-0.25, -0.2) is 14.3 Å². The molecular weight excluding hydrogens is 255 g/mol. The minimum absolute atomic E-state index is 0.286. The van der Waals surface area contributed by atoms with Gasteiger partial charge < -0.3 is 4.57 Å². The number of fused-ring (bicyclic) bond motifs is 1. The van der Waals surface area contributed by atoms with E-state index in [-0.39, 0.29) is 5.52 Å². The fourth-order valence-electron chi connectivity index (χ4n) is 1.54. The lowest BCUT2D eigenvalue weighted by Gasteiger charge is -2.08. The largest absolute Gasteiger partial charge is 0.334 e. The monoisotopic (exact) mass is 262 g/mol. The molecule has 86 valence electrons. The Morgan fingerprint density at radius 1 is 1.31 bits per heavy atom. The maximum Gasteiger partial charge on any atom is 0.334 e. The zero-order valence-electron chi connectivity index (χ0n) is 8.52. The summed E-state index contributed by atoms with van der Waals surface area (Å²) in [6, 6.07) is 0. The van der Waals surface area contributed by atoms with Crippen molar-refractivity contribution in [2.24, 2.45) is 14.1 Å². The number of imidazole rings is 1. The average Bonchev–Trinajstić information content (AvgIpc) is 2.57. The molecule has 0 aliphatic rings. The Morgan fingerprint density at radius 3 is 2.50 bits per heavy atom. The van der Waals surface area contributed by atoms with Gasteiger partial charge in [0.25, 0.3) is 5.56 Å². The fourth-order valence-corrected chi connectivity index (χ4v) is 1.88. The molecule has 2 rings (SSSR count). The number of aromatic nitrogens is 4. The Balaban J connectivity index is 3.10. The second kappa shape index (κ2) is 3.64. The predicted molar refractivity (Wildman–Crippen MR) is 61.0 cm³/mol. The number of rotatable bonds is 1. The van der Waals surface area contributed by atoms with E-state index >= 15 is 0 Å². The van der Waals surface area contributed by atoms with Crippen LogP contribution in [0.5, 0.6) is 0 Å². The highest BCUT2D eigenvalue weighted by Crippen LogP contribution is 2.13. The lowest BCUT2D eigenvalue weighted by molar-refractivity contribution is 0.678. The molecule has 0 spiro atoms.